The summed E-state index contributed by atoms with van der Waals surface area (Å²) in [5, 5.41) is 8.54. The summed E-state index contributed by atoms with van der Waals surface area (Å²) in [4.78, 5) is 21.6. The van der Waals surface area contributed by atoms with Crippen molar-refractivity contribution in [2.24, 2.45) is 0 Å². The second-order valence-electron chi connectivity index (χ2n) is 3.81. The van der Waals surface area contributed by atoms with Crippen LogP contribution in [0.5, 0.6) is 0 Å². The van der Waals surface area contributed by atoms with Crippen molar-refractivity contribution in [1.82, 2.24) is 0 Å². The molecule has 78 valence electrons. The zero-order valence-corrected chi connectivity index (χ0v) is 8.32. The Hall–Kier alpha value is -1.64. The average molecular weight is 204 g/mol. The highest BCUT2D eigenvalue weighted by Crippen LogP contribution is 2.25. The molecular weight excluding hydrogens is 192 g/mol. The summed E-state index contributed by atoms with van der Waals surface area (Å²) in [6, 6.07) is 5.80. The van der Waals surface area contributed by atoms with Crippen LogP contribution in [0.15, 0.2) is 18.2 Å². The van der Waals surface area contributed by atoms with Crippen molar-refractivity contribution < 1.29 is 14.7 Å². The van der Waals surface area contributed by atoms with Crippen molar-refractivity contribution in [3.05, 3.63) is 34.9 Å². The summed E-state index contributed by atoms with van der Waals surface area (Å²) in [6.07, 6.45) is 3.15. The highest BCUT2D eigenvalue weighted by atomic mass is 16.4. The average Bonchev–Trinajstić information content (AvgIpc) is 2.66. The van der Waals surface area contributed by atoms with Crippen LogP contribution in [0.2, 0.25) is 0 Å². The molecule has 1 aromatic carbocycles. The first-order valence-corrected chi connectivity index (χ1v) is 5.04. The Morgan fingerprint density at radius 1 is 1.27 bits per heavy atom. The van der Waals surface area contributed by atoms with Gasteiger partial charge in [-0.25, -0.2) is 4.79 Å². The van der Waals surface area contributed by atoms with Gasteiger partial charge in [-0.3, -0.25) is 4.79 Å². The zero-order chi connectivity index (χ0) is 10.8. The van der Waals surface area contributed by atoms with Gasteiger partial charge in [0.2, 0.25) is 5.78 Å². The van der Waals surface area contributed by atoms with Crippen LogP contribution in [0, 0.1) is 0 Å². The van der Waals surface area contributed by atoms with Gasteiger partial charge in [0.15, 0.2) is 0 Å². The minimum atomic E-state index is -1.34. The second-order valence-corrected chi connectivity index (χ2v) is 3.81. The van der Waals surface area contributed by atoms with Crippen molar-refractivity contribution in [2.75, 3.05) is 0 Å². The zero-order valence-electron chi connectivity index (χ0n) is 8.32. The maximum atomic E-state index is 11.1. The SMILES string of the molecule is O=C(O)C(=O)Cc1cccc2c1CCC2. The Morgan fingerprint density at radius 2 is 2.07 bits per heavy atom. The number of carboxylic acid groups (broad SMARTS) is 1. The second kappa shape index (κ2) is 3.85. The third-order valence-electron chi connectivity index (χ3n) is 2.83. The number of benzene rings is 1. The lowest BCUT2D eigenvalue weighted by atomic mass is 9.99. The number of fused-ring (bicyclic) bond motifs is 1. The molecule has 0 fully saturated rings. The van der Waals surface area contributed by atoms with E-state index in [9.17, 15) is 9.59 Å². The van der Waals surface area contributed by atoms with Gasteiger partial charge in [-0.1, -0.05) is 18.2 Å². The lowest BCUT2D eigenvalue weighted by Gasteiger charge is -2.05. The molecule has 1 aromatic rings. The molecular formula is C12H12O3. The van der Waals surface area contributed by atoms with Crippen LogP contribution in [-0.2, 0) is 28.9 Å². The van der Waals surface area contributed by atoms with Crippen LogP contribution in [-0.4, -0.2) is 16.9 Å². The number of hydrogen-bond donors (Lipinski definition) is 1. The molecule has 3 nitrogen and oxygen atoms in total. The molecule has 1 N–H and O–H groups in total. The molecule has 0 amide bonds. The molecule has 0 saturated heterocycles. The first kappa shape index (κ1) is 9.90. The first-order chi connectivity index (χ1) is 7.18. The summed E-state index contributed by atoms with van der Waals surface area (Å²) in [7, 11) is 0. The largest absolute Gasteiger partial charge is 0.475 e. The van der Waals surface area contributed by atoms with Crippen LogP contribution in [0.1, 0.15) is 23.1 Å². The first-order valence-electron chi connectivity index (χ1n) is 5.04. The Kier molecular flexibility index (Phi) is 2.54. The van der Waals surface area contributed by atoms with E-state index in [2.05, 4.69) is 6.07 Å². The van der Waals surface area contributed by atoms with Crippen molar-refractivity contribution in [2.45, 2.75) is 25.7 Å². The topological polar surface area (TPSA) is 54.4 Å². The Bertz CT molecular complexity index is 421. The van der Waals surface area contributed by atoms with Gasteiger partial charge in [0.05, 0.1) is 0 Å². The molecule has 0 bridgehead atoms. The fourth-order valence-electron chi connectivity index (χ4n) is 2.11. The molecule has 0 aromatic heterocycles. The molecule has 2 rings (SSSR count). The molecule has 1 aliphatic carbocycles. The summed E-state index contributed by atoms with van der Waals surface area (Å²) in [5.41, 5.74) is 3.34. The molecule has 3 heteroatoms. The number of ketones is 1. The Morgan fingerprint density at radius 3 is 2.80 bits per heavy atom. The number of rotatable bonds is 3. The van der Waals surface area contributed by atoms with Crippen LogP contribution in [0.3, 0.4) is 0 Å². The molecule has 1 aliphatic rings. The van der Waals surface area contributed by atoms with Crippen molar-refractivity contribution in [1.29, 1.82) is 0 Å². The predicted molar refractivity (Wildman–Crippen MR) is 54.8 cm³/mol. The number of aryl methyl sites for hydroxylation is 1. The highest BCUT2D eigenvalue weighted by Gasteiger charge is 2.18. The summed E-state index contributed by atoms with van der Waals surface area (Å²) < 4.78 is 0. The van der Waals surface area contributed by atoms with Crippen molar-refractivity contribution >= 4 is 11.8 Å². The van der Waals surface area contributed by atoms with E-state index in [4.69, 9.17) is 5.11 Å². The van der Waals surface area contributed by atoms with E-state index in [1.54, 1.807) is 0 Å². The van der Waals surface area contributed by atoms with Gasteiger partial charge in [0.25, 0.3) is 0 Å². The molecule has 0 atom stereocenters. The quantitative estimate of drug-likeness (QED) is 0.756. The van der Waals surface area contributed by atoms with Crippen molar-refractivity contribution in [3.8, 4) is 0 Å². The number of carbonyl (C=O) groups excluding carboxylic acids is 1. The lowest BCUT2D eigenvalue weighted by Crippen LogP contribution is -2.16. The smallest absolute Gasteiger partial charge is 0.372 e. The fourth-order valence-corrected chi connectivity index (χ4v) is 2.11. The Balaban J connectivity index is 2.26. The van der Waals surface area contributed by atoms with Gasteiger partial charge < -0.3 is 5.11 Å². The molecule has 15 heavy (non-hydrogen) atoms. The number of aliphatic carboxylic acids is 1. The molecule has 0 unspecified atom stereocenters. The third-order valence-corrected chi connectivity index (χ3v) is 2.83. The van der Waals surface area contributed by atoms with Crippen LogP contribution < -0.4 is 0 Å². The van der Waals surface area contributed by atoms with E-state index in [-0.39, 0.29) is 6.42 Å². The molecule has 0 heterocycles. The van der Waals surface area contributed by atoms with Gasteiger partial charge in [-0.15, -0.1) is 0 Å². The van der Waals surface area contributed by atoms with E-state index in [0.717, 1.165) is 24.8 Å². The molecule has 0 aliphatic heterocycles. The monoisotopic (exact) mass is 204 g/mol. The van der Waals surface area contributed by atoms with Gasteiger partial charge in [-0.2, -0.15) is 0 Å². The number of carboxylic acids is 1. The van der Waals surface area contributed by atoms with Crippen LogP contribution >= 0.6 is 0 Å². The molecule has 0 radical (unpaired) electrons. The van der Waals surface area contributed by atoms with E-state index in [1.165, 1.54) is 11.1 Å². The lowest BCUT2D eigenvalue weighted by molar-refractivity contribution is -0.148. The summed E-state index contributed by atoms with van der Waals surface area (Å²) >= 11 is 0. The van der Waals surface area contributed by atoms with E-state index >= 15 is 0 Å². The minimum absolute atomic E-state index is 0.0263. The van der Waals surface area contributed by atoms with Gasteiger partial charge >= 0.3 is 5.97 Å². The standard InChI is InChI=1S/C12H12O3/c13-11(12(14)15)7-9-5-1-3-8-4-2-6-10(8)9/h1,3,5H,2,4,6-7H2,(H,14,15). The minimum Gasteiger partial charge on any atom is -0.475 e. The predicted octanol–water partition coefficient (Wildman–Crippen LogP) is 1.37. The third kappa shape index (κ3) is 1.91. The summed E-state index contributed by atoms with van der Waals surface area (Å²) in [6.45, 7) is 0. The number of carbonyl (C=O) groups is 2. The van der Waals surface area contributed by atoms with E-state index in [0.29, 0.717) is 0 Å². The maximum absolute atomic E-state index is 11.1. The van der Waals surface area contributed by atoms with E-state index < -0.39 is 11.8 Å². The Labute approximate surface area is 87.7 Å². The maximum Gasteiger partial charge on any atom is 0.372 e. The highest BCUT2D eigenvalue weighted by molar-refractivity contribution is 6.33. The number of Topliss-reactive ketones (excluding diaryl/α,β-unsaturated/α-hetero) is 1. The van der Waals surface area contributed by atoms with Gasteiger partial charge in [-0.05, 0) is 36.0 Å². The fraction of sp³-hybridized carbons (Fsp3) is 0.333. The molecule has 0 spiro atoms. The van der Waals surface area contributed by atoms with Gasteiger partial charge in [0.1, 0.15) is 0 Å². The van der Waals surface area contributed by atoms with Crippen LogP contribution in [0.25, 0.3) is 0 Å². The normalized spacial score (nSPS) is 13.6. The number of hydrogen-bond acceptors (Lipinski definition) is 2. The van der Waals surface area contributed by atoms with Gasteiger partial charge in [0, 0.05) is 6.42 Å². The summed E-state index contributed by atoms with van der Waals surface area (Å²) in [5.74, 6) is -2.07. The van der Waals surface area contributed by atoms with Crippen LogP contribution in [0.4, 0.5) is 0 Å². The molecule has 0 saturated carbocycles. The van der Waals surface area contributed by atoms with Crippen molar-refractivity contribution in [3.63, 3.8) is 0 Å². The van der Waals surface area contributed by atoms with E-state index in [1.807, 2.05) is 12.1 Å².